The van der Waals surface area contributed by atoms with Gasteiger partial charge in [-0.15, -0.1) is 0 Å². The second kappa shape index (κ2) is 9.56. The lowest BCUT2D eigenvalue weighted by molar-refractivity contribution is -0.0548. The van der Waals surface area contributed by atoms with Gasteiger partial charge in [-0.05, 0) is 33.9 Å². The van der Waals surface area contributed by atoms with E-state index >= 15 is 0 Å². The Morgan fingerprint density at radius 2 is 1.87 bits per heavy atom. The highest BCUT2D eigenvalue weighted by molar-refractivity contribution is 7.51. The van der Waals surface area contributed by atoms with Crippen molar-refractivity contribution in [3.63, 3.8) is 0 Å². The number of hydrogen-bond acceptors (Lipinski definition) is 7. The van der Waals surface area contributed by atoms with Crippen molar-refractivity contribution in [1.29, 1.82) is 0 Å². The first-order valence-corrected chi connectivity index (χ1v) is 12.3. The highest BCUT2D eigenvalue weighted by Gasteiger charge is 2.50. The predicted octanol–water partition coefficient (Wildman–Crippen LogP) is -0.237. The Labute approximate surface area is 172 Å². The molecule has 13 nitrogen and oxygen atoms in total. The molecule has 0 radical (unpaired) electrons. The molecule has 1 aliphatic heterocycles. The summed E-state index contributed by atoms with van der Waals surface area (Å²) >= 11 is 0. The summed E-state index contributed by atoms with van der Waals surface area (Å²) in [7, 11) is -4.50. The average molecular weight is 471 g/mol. The van der Waals surface area contributed by atoms with Crippen LogP contribution in [-0.2, 0) is 23.1 Å². The highest BCUT2D eigenvalue weighted by Crippen LogP contribution is 2.50. The minimum Gasteiger partial charge on any atom is -0.374 e. The number of ether oxygens (including phenoxy) is 2. The van der Waals surface area contributed by atoms with E-state index in [4.69, 9.17) is 23.8 Å². The molecule has 1 aromatic rings. The van der Waals surface area contributed by atoms with Crippen molar-refractivity contribution in [2.45, 2.75) is 44.3 Å². The fraction of sp³-hybridized carbons (Fsp3) is 0.733. The van der Waals surface area contributed by atoms with E-state index in [9.17, 15) is 23.6 Å². The highest BCUT2D eigenvalue weighted by atomic mass is 31.2. The van der Waals surface area contributed by atoms with Crippen LogP contribution in [0.5, 0.6) is 0 Å². The number of nitrogens with one attached hydrogen (secondary N) is 1. The van der Waals surface area contributed by atoms with Gasteiger partial charge in [-0.1, -0.05) is 0 Å². The van der Waals surface area contributed by atoms with Gasteiger partial charge >= 0.3 is 21.0 Å². The third kappa shape index (κ3) is 5.97. The summed E-state index contributed by atoms with van der Waals surface area (Å²) in [6.07, 6.45) is -3.20. The number of hydrogen-bond donors (Lipinski definition) is 4. The fourth-order valence-electron chi connectivity index (χ4n) is 3.07. The van der Waals surface area contributed by atoms with Crippen LogP contribution < -0.4 is 11.2 Å². The predicted molar refractivity (Wildman–Crippen MR) is 105 cm³/mol. The zero-order valence-electron chi connectivity index (χ0n) is 17.0. The summed E-state index contributed by atoms with van der Waals surface area (Å²) in [5, 5.41) is 0. The molecule has 1 saturated heterocycles. The van der Waals surface area contributed by atoms with E-state index in [1.54, 1.807) is 0 Å². The minimum atomic E-state index is -4.25. The Morgan fingerprint density at radius 3 is 2.40 bits per heavy atom. The minimum absolute atomic E-state index is 0.0369. The Hall–Kier alpha value is -1.14. The van der Waals surface area contributed by atoms with Crippen molar-refractivity contribution in [1.82, 2.24) is 14.2 Å². The first-order chi connectivity index (χ1) is 13.8. The van der Waals surface area contributed by atoms with Crippen molar-refractivity contribution in [3.05, 3.63) is 32.6 Å². The molecule has 0 bridgehead atoms. The van der Waals surface area contributed by atoms with Crippen LogP contribution in [0.1, 0.15) is 24.6 Å². The van der Waals surface area contributed by atoms with E-state index in [0.717, 1.165) is 9.24 Å². The maximum atomic E-state index is 12.4. The Balaban J connectivity index is 2.40. The van der Waals surface area contributed by atoms with Crippen molar-refractivity contribution in [3.8, 4) is 0 Å². The summed E-state index contributed by atoms with van der Waals surface area (Å²) in [4.78, 5) is 54.4. The number of H-pyrrole nitrogens is 1. The molecule has 1 fully saturated rings. The summed E-state index contributed by atoms with van der Waals surface area (Å²) in [5.41, 5.74) is -1.11. The fourth-order valence-corrected chi connectivity index (χ4v) is 4.42. The van der Waals surface area contributed by atoms with Crippen LogP contribution >= 0.6 is 15.3 Å². The second-order valence-corrected chi connectivity index (χ2v) is 11.0. The Kier molecular flexibility index (Phi) is 8.00. The molecule has 0 aliphatic carbocycles. The van der Waals surface area contributed by atoms with E-state index in [0.29, 0.717) is 0 Å². The third-order valence-corrected chi connectivity index (χ3v) is 7.11. The molecular weight excluding hydrogens is 444 g/mol. The van der Waals surface area contributed by atoms with E-state index in [1.165, 1.54) is 34.3 Å². The van der Waals surface area contributed by atoms with E-state index in [-0.39, 0.29) is 18.4 Å². The monoisotopic (exact) mass is 471 g/mol. The third-order valence-electron chi connectivity index (χ3n) is 4.68. The number of rotatable bonds is 9. The smallest absolute Gasteiger partial charge is 0.374 e. The van der Waals surface area contributed by atoms with Crippen molar-refractivity contribution >= 4 is 15.3 Å². The Morgan fingerprint density at radius 1 is 1.23 bits per heavy atom. The average Bonchev–Trinajstić information content (AvgIpc) is 2.93. The molecule has 1 aliphatic rings. The largest absolute Gasteiger partial charge is 0.405 e. The van der Waals surface area contributed by atoms with Gasteiger partial charge < -0.3 is 24.2 Å². The molecule has 0 amide bonds. The number of methoxy groups -OCH3 is 1. The molecule has 2 rings (SSSR count). The molecule has 15 heteroatoms. The zero-order chi connectivity index (χ0) is 22.9. The van der Waals surface area contributed by atoms with E-state index < -0.39 is 57.3 Å². The zero-order valence-corrected chi connectivity index (χ0v) is 18.8. The molecule has 4 N–H and O–H groups in total. The lowest BCUT2D eigenvalue weighted by atomic mass is 10.1. The molecule has 5 atom stereocenters. The molecule has 0 spiro atoms. The number of nitrogens with zero attached hydrogens (tertiary/aromatic N) is 2. The quantitative estimate of drug-likeness (QED) is 0.349. The van der Waals surface area contributed by atoms with Crippen LogP contribution in [0.2, 0.25) is 0 Å². The molecule has 30 heavy (non-hydrogen) atoms. The van der Waals surface area contributed by atoms with Crippen LogP contribution in [0.15, 0.2) is 15.8 Å². The van der Waals surface area contributed by atoms with Crippen LogP contribution in [-0.4, -0.2) is 74.6 Å². The first-order valence-electron chi connectivity index (χ1n) is 9.00. The van der Waals surface area contributed by atoms with Crippen LogP contribution in [0.4, 0.5) is 0 Å². The van der Waals surface area contributed by atoms with Gasteiger partial charge in [0.25, 0.3) is 5.56 Å². The number of aromatic nitrogens is 2. The first kappa shape index (κ1) is 25.1. The van der Waals surface area contributed by atoms with Gasteiger partial charge in [-0.25, -0.2) is 14.0 Å². The maximum absolute atomic E-state index is 12.4. The van der Waals surface area contributed by atoms with Gasteiger partial charge in [-0.2, -0.15) is 0 Å². The summed E-state index contributed by atoms with van der Waals surface area (Å²) in [6, 6.07) is 0. The van der Waals surface area contributed by atoms with Gasteiger partial charge in [0.2, 0.25) is 0 Å². The molecule has 1 aromatic heterocycles. The second-order valence-electron chi connectivity index (χ2n) is 7.18. The number of aryl methyl sites for hydroxylation is 1. The Bertz CT molecular complexity index is 955. The van der Waals surface area contributed by atoms with Crippen LogP contribution in [0.25, 0.3) is 0 Å². The van der Waals surface area contributed by atoms with Crippen LogP contribution in [0.3, 0.4) is 0 Å². The van der Waals surface area contributed by atoms with Gasteiger partial charge in [0, 0.05) is 25.0 Å². The van der Waals surface area contributed by atoms with Crippen molar-refractivity contribution < 1.29 is 37.8 Å². The van der Waals surface area contributed by atoms with Crippen LogP contribution in [0, 0.1) is 6.92 Å². The normalized spacial score (nSPS) is 26.8. The molecule has 0 aromatic carbocycles. The molecule has 172 valence electrons. The topological polar surface area (TPSA) is 181 Å². The standard InChI is InChI=1S/C15H27N3O10P2/c1-9-8-18(15(20)16-13(9)19)14-12(26-4)11(28-30(24,25)17(2)3)10(27-14)6-5-7-29(21,22)23/h8,10-12,14H,5-7H2,1-4H3,(H,24,25)(H,16,19,20)(H2,21,22,23)/t10-,11-,12-,14-/m1/s1. The summed E-state index contributed by atoms with van der Waals surface area (Å²) in [5.74, 6) is 0. The summed E-state index contributed by atoms with van der Waals surface area (Å²) < 4.78 is 42.3. The summed E-state index contributed by atoms with van der Waals surface area (Å²) in [6.45, 7) is 1.49. The number of aromatic amines is 1. The van der Waals surface area contributed by atoms with Gasteiger partial charge in [0.15, 0.2) is 6.23 Å². The lowest BCUT2D eigenvalue weighted by Crippen LogP contribution is -2.40. The van der Waals surface area contributed by atoms with E-state index in [2.05, 4.69) is 4.98 Å². The SMILES string of the molecule is CO[C@@H]1[C@H](OP(=O)(O)N(C)C)[C@@H](CCCP(=O)(O)O)O[C@H]1n1cc(C)c(=O)[nH]c1=O. The van der Waals surface area contributed by atoms with Crippen molar-refractivity contribution in [2.24, 2.45) is 0 Å². The molecule has 2 heterocycles. The maximum Gasteiger partial charge on any atom is 0.405 e. The molecule has 1 unspecified atom stereocenters. The molecular formula is C15H27N3O10P2. The van der Waals surface area contributed by atoms with Gasteiger partial charge in [0.05, 0.1) is 6.10 Å². The van der Waals surface area contributed by atoms with Gasteiger partial charge in [-0.3, -0.25) is 23.4 Å². The van der Waals surface area contributed by atoms with Gasteiger partial charge in [0.1, 0.15) is 12.2 Å². The van der Waals surface area contributed by atoms with Crippen molar-refractivity contribution in [2.75, 3.05) is 27.4 Å². The molecule has 0 saturated carbocycles. The lowest BCUT2D eigenvalue weighted by Gasteiger charge is -2.28. The van der Waals surface area contributed by atoms with E-state index in [1.807, 2.05) is 0 Å².